The normalized spacial score (nSPS) is 18.3. The fourth-order valence-electron chi connectivity index (χ4n) is 2.07. The summed E-state index contributed by atoms with van der Waals surface area (Å²) in [6.07, 6.45) is 1.02. The molecule has 0 aromatic heterocycles. The van der Waals surface area contributed by atoms with Crippen LogP contribution in [0.4, 0.5) is 0 Å². The van der Waals surface area contributed by atoms with Crippen molar-refractivity contribution in [3.05, 3.63) is 28.8 Å². The lowest BCUT2D eigenvalue weighted by molar-refractivity contribution is -0.113. The van der Waals surface area contributed by atoms with Crippen LogP contribution in [0.15, 0.2) is 17.7 Å². The molecule has 0 radical (unpaired) electrons. The Bertz CT molecular complexity index is 502. The van der Waals surface area contributed by atoms with E-state index >= 15 is 0 Å². The largest absolute Gasteiger partial charge is 0.508 e. The number of Topliss-reactive ketones (excluding diaryl/α,β-unsaturated/α-hetero) is 1. The molecule has 17 heavy (non-hydrogen) atoms. The van der Waals surface area contributed by atoms with Crippen LogP contribution < -0.4 is 4.74 Å². The van der Waals surface area contributed by atoms with Crippen LogP contribution in [0.25, 0.3) is 6.08 Å². The first-order valence-corrected chi connectivity index (χ1v) is 5.34. The van der Waals surface area contributed by atoms with Gasteiger partial charge in [0.05, 0.1) is 13.2 Å². The van der Waals surface area contributed by atoms with Crippen molar-refractivity contribution in [1.82, 2.24) is 0 Å². The summed E-state index contributed by atoms with van der Waals surface area (Å²) in [5, 5.41) is 19.7. The summed E-state index contributed by atoms with van der Waals surface area (Å²) in [6, 6.07) is 3.09. The van der Waals surface area contributed by atoms with E-state index in [0.29, 0.717) is 22.4 Å². The molecule has 1 atom stereocenters. The molecule has 4 heteroatoms. The molecule has 0 saturated heterocycles. The average Bonchev–Trinajstić information content (AvgIpc) is 2.28. The summed E-state index contributed by atoms with van der Waals surface area (Å²) >= 11 is 0. The third kappa shape index (κ3) is 1.91. The van der Waals surface area contributed by atoms with Gasteiger partial charge in [0.25, 0.3) is 0 Å². The summed E-state index contributed by atoms with van der Waals surface area (Å²) in [7, 11) is 1.51. The monoisotopic (exact) mass is 234 g/mol. The zero-order chi connectivity index (χ0) is 12.6. The van der Waals surface area contributed by atoms with Gasteiger partial charge in [-0.25, -0.2) is 0 Å². The minimum atomic E-state index is -0.871. The molecule has 4 nitrogen and oxygen atoms in total. The van der Waals surface area contributed by atoms with Crippen molar-refractivity contribution in [3.63, 3.8) is 0 Å². The predicted octanol–water partition coefficient (Wildman–Crippen LogP) is 1.81. The lowest BCUT2D eigenvalue weighted by Gasteiger charge is -2.23. The first kappa shape index (κ1) is 11.7. The van der Waals surface area contributed by atoms with Crippen molar-refractivity contribution in [2.24, 2.45) is 0 Å². The molecule has 0 spiro atoms. The van der Waals surface area contributed by atoms with Crippen molar-refractivity contribution in [2.45, 2.75) is 19.4 Å². The van der Waals surface area contributed by atoms with Crippen LogP contribution in [0.2, 0.25) is 0 Å². The molecule has 0 bridgehead atoms. The number of carbonyl (C=O) groups excluding carboxylic acids is 1. The predicted molar refractivity (Wildman–Crippen MR) is 62.9 cm³/mol. The van der Waals surface area contributed by atoms with Crippen LogP contribution in [0, 0.1) is 0 Å². The first-order chi connectivity index (χ1) is 8.04. The Morgan fingerprint density at radius 1 is 1.47 bits per heavy atom. The molecule has 1 aromatic carbocycles. The summed E-state index contributed by atoms with van der Waals surface area (Å²) in [5.41, 5.74) is 1.54. The van der Waals surface area contributed by atoms with Crippen molar-refractivity contribution in [2.75, 3.05) is 7.11 Å². The van der Waals surface area contributed by atoms with Gasteiger partial charge in [-0.05, 0) is 30.7 Å². The molecule has 1 aromatic rings. The van der Waals surface area contributed by atoms with E-state index < -0.39 is 6.10 Å². The quantitative estimate of drug-likeness (QED) is 0.819. The van der Waals surface area contributed by atoms with Gasteiger partial charge in [0.1, 0.15) is 11.5 Å². The number of aromatic hydroxyl groups is 1. The van der Waals surface area contributed by atoms with Gasteiger partial charge in [0.15, 0.2) is 5.78 Å². The topological polar surface area (TPSA) is 66.8 Å². The number of methoxy groups -OCH3 is 1. The number of fused-ring (bicyclic) bond motifs is 1. The highest BCUT2D eigenvalue weighted by Crippen LogP contribution is 2.41. The number of carbonyl (C=O) groups is 1. The minimum Gasteiger partial charge on any atom is -0.508 e. The summed E-state index contributed by atoms with van der Waals surface area (Å²) < 4.78 is 5.17. The van der Waals surface area contributed by atoms with Gasteiger partial charge in [0.2, 0.25) is 0 Å². The van der Waals surface area contributed by atoms with E-state index in [-0.39, 0.29) is 18.0 Å². The Hall–Kier alpha value is -1.81. The molecule has 2 N–H and O–H groups in total. The van der Waals surface area contributed by atoms with Crippen molar-refractivity contribution < 1.29 is 19.7 Å². The van der Waals surface area contributed by atoms with Crippen molar-refractivity contribution in [3.8, 4) is 11.5 Å². The lowest BCUT2D eigenvalue weighted by Crippen LogP contribution is -2.12. The van der Waals surface area contributed by atoms with Crippen LogP contribution >= 0.6 is 0 Å². The molecule has 0 fully saturated rings. The van der Waals surface area contributed by atoms with Gasteiger partial charge in [-0.3, -0.25) is 4.79 Å². The Kier molecular flexibility index (Phi) is 2.90. The van der Waals surface area contributed by atoms with Gasteiger partial charge >= 0.3 is 0 Å². The fraction of sp³-hybridized carbons (Fsp3) is 0.308. The zero-order valence-electron chi connectivity index (χ0n) is 9.73. The SMILES string of the molecule is COc1ccc(O)c2c1C=C(C(C)=O)CC2O. The number of rotatable bonds is 2. The zero-order valence-corrected chi connectivity index (χ0v) is 9.73. The molecule has 0 amide bonds. The number of phenolic OH excluding ortho intramolecular Hbond substituents is 1. The van der Waals surface area contributed by atoms with E-state index in [9.17, 15) is 15.0 Å². The summed E-state index contributed by atoms with van der Waals surface area (Å²) in [6.45, 7) is 1.46. The van der Waals surface area contributed by atoms with Crippen LogP contribution in [0.3, 0.4) is 0 Å². The van der Waals surface area contributed by atoms with Crippen LogP contribution in [0.1, 0.15) is 30.6 Å². The minimum absolute atomic E-state index is 0.0205. The molecule has 90 valence electrons. The van der Waals surface area contributed by atoms with E-state index in [4.69, 9.17) is 4.74 Å². The Morgan fingerprint density at radius 2 is 2.18 bits per heavy atom. The van der Waals surface area contributed by atoms with Gasteiger partial charge in [-0.1, -0.05) is 0 Å². The van der Waals surface area contributed by atoms with Gasteiger partial charge in [-0.2, -0.15) is 0 Å². The Morgan fingerprint density at radius 3 is 2.76 bits per heavy atom. The third-order valence-corrected chi connectivity index (χ3v) is 2.96. The molecule has 1 aliphatic rings. The van der Waals surface area contributed by atoms with Gasteiger partial charge in [0, 0.05) is 17.5 Å². The second-order valence-electron chi connectivity index (χ2n) is 4.06. The molecule has 0 heterocycles. The molecule has 1 aliphatic carbocycles. The van der Waals surface area contributed by atoms with Gasteiger partial charge in [-0.15, -0.1) is 0 Å². The van der Waals surface area contributed by atoms with Gasteiger partial charge < -0.3 is 14.9 Å². The smallest absolute Gasteiger partial charge is 0.155 e. The molecule has 1 unspecified atom stereocenters. The average molecular weight is 234 g/mol. The second kappa shape index (κ2) is 4.22. The number of aliphatic hydroxyl groups is 1. The fourth-order valence-corrected chi connectivity index (χ4v) is 2.07. The molecule has 0 aliphatic heterocycles. The molecule has 0 saturated carbocycles. The molecule has 2 rings (SSSR count). The van der Waals surface area contributed by atoms with Crippen LogP contribution in [-0.2, 0) is 4.79 Å². The highest BCUT2D eigenvalue weighted by Gasteiger charge is 2.26. The Labute approximate surface area is 99.2 Å². The number of aliphatic hydroxyl groups excluding tert-OH is 1. The maximum Gasteiger partial charge on any atom is 0.155 e. The number of phenols is 1. The summed E-state index contributed by atoms with van der Waals surface area (Å²) in [4.78, 5) is 11.4. The lowest BCUT2D eigenvalue weighted by atomic mass is 9.87. The highest BCUT2D eigenvalue weighted by atomic mass is 16.5. The highest BCUT2D eigenvalue weighted by molar-refractivity contribution is 5.99. The Balaban J connectivity index is 2.66. The number of hydrogen-bond acceptors (Lipinski definition) is 4. The van der Waals surface area contributed by atoms with E-state index in [1.807, 2.05) is 0 Å². The van der Waals surface area contributed by atoms with Crippen LogP contribution in [0.5, 0.6) is 11.5 Å². The second-order valence-corrected chi connectivity index (χ2v) is 4.06. The van der Waals surface area contributed by atoms with Crippen LogP contribution in [-0.4, -0.2) is 23.1 Å². The molecular formula is C13H14O4. The van der Waals surface area contributed by atoms with Crippen molar-refractivity contribution >= 4 is 11.9 Å². The molecular weight excluding hydrogens is 220 g/mol. The van der Waals surface area contributed by atoms with E-state index in [2.05, 4.69) is 0 Å². The summed E-state index contributed by atoms with van der Waals surface area (Å²) in [5.74, 6) is 0.475. The number of ether oxygens (including phenoxy) is 1. The maximum absolute atomic E-state index is 11.4. The van der Waals surface area contributed by atoms with Crippen molar-refractivity contribution in [1.29, 1.82) is 0 Å². The maximum atomic E-state index is 11.4. The first-order valence-electron chi connectivity index (χ1n) is 5.34. The van der Waals surface area contributed by atoms with E-state index in [1.54, 1.807) is 12.1 Å². The number of hydrogen-bond donors (Lipinski definition) is 2. The van der Waals surface area contributed by atoms with E-state index in [1.165, 1.54) is 20.1 Å². The number of ketones is 1. The van der Waals surface area contributed by atoms with E-state index in [0.717, 1.165) is 0 Å². The number of benzene rings is 1. The standard InChI is InChI=1S/C13H14O4/c1-7(14)8-5-9-12(17-2)4-3-10(15)13(9)11(16)6-8/h3-5,11,15-16H,6H2,1-2H3. The third-order valence-electron chi connectivity index (χ3n) is 2.96.